The molecule has 0 atom stereocenters. The van der Waals surface area contributed by atoms with Gasteiger partial charge in [-0.25, -0.2) is 0 Å². The van der Waals surface area contributed by atoms with Crippen LogP contribution in [0.5, 0.6) is 0 Å². The van der Waals surface area contributed by atoms with Crippen LogP contribution in [-0.4, -0.2) is 24.1 Å². The summed E-state index contributed by atoms with van der Waals surface area (Å²) in [7, 11) is 2.11. The molecule has 1 aromatic carbocycles. The van der Waals surface area contributed by atoms with Crippen LogP contribution in [0.15, 0.2) is 29.4 Å². The van der Waals surface area contributed by atoms with Crippen LogP contribution >= 0.6 is 0 Å². The van der Waals surface area contributed by atoms with E-state index in [2.05, 4.69) is 17.1 Å². The largest absolute Gasteiger partial charge is 0.409 e. The monoisotopic (exact) mass is 219 g/mol. The zero-order valence-corrected chi connectivity index (χ0v) is 9.43. The Morgan fingerprint density at radius 1 is 1.38 bits per heavy atom. The predicted molar refractivity (Wildman–Crippen MR) is 65.0 cm³/mol. The normalized spacial score (nSPS) is 16.9. The fraction of sp³-hybridized carbons (Fsp3) is 0.417. The van der Waals surface area contributed by atoms with E-state index in [-0.39, 0.29) is 5.84 Å². The Labute approximate surface area is 95.4 Å². The van der Waals surface area contributed by atoms with Crippen LogP contribution < -0.4 is 10.6 Å². The Balaban J connectivity index is 2.12. The zero-order chi connectivity index (χ0) is 11.5. The number of hydrogen-bond acceptors (Lipinski definition) is 3. The highest BCUT2D eigenvalue weighted by atomic mass is 16.4. The molecule has 0 radical (unpaired) electrons. The van der Waals surface area contributed by atoms with E-state index in [1.165, 1.54) is 24.9 Å². The van der Waals surface area contributed by atoms with Crippen LogP contribution in [0.4, 0.5) is 5.69 Å². The molecule has 0 aromatic heterocycles. The second kappa shape index (κ2) is 4.43. The molecular weight excluding hydrogens is 202 g/mol. The fourth-order valence-corrected chi connectivity index (χ4v) is 1.91. The van der Waals surface area contributed by atoms with E-state index in [1.807, 2.05) is 24.3 Å². The molecular formula is C12H17N3O. The van der Waals surface area contributed by atoms with Crippen LogP contribution in [0.3, 0.4) is 0 Å². The summed E-state index contributed by atoms with van der Waals surface area (Å²) in [6, 6.07) is 8.44. The van der Waals surface area contributed by atoms with Gasteiger partial charge < -0.3 is 15.8 Å². The van der Waals surface area contributed by atoms with Gasteiger partial charge in [-0.3, -0.25) is 0 Å². The Morgan fingerprint density at radius 2 is 2.00 bits per heavy atom. The maximum Gasteiger partial charge on any atom is 0.170 e. The first-order chi connectivity index (χ1) is 7.72. The Bertz CT molecular complexity index is 382. The van der Waals surface area contributed by atoms with Gasteiger partial charge in [0.15, 0.2) is 5.84 Å². The minimum Gasteiger partial charge on any atom is -0.409 e. The molecule has 1 saturated carbocycles. The van der Waals surface area contributed by atoms with Crippen molar-refractivity contribution in [3.8, 4) is 0 Å². The molecule has 3 N–H and O–H groups in total. The summed E-state index contributed by atoms with van der Waals surface area (Å²) in [5, 5.41) is 11.5. The van der Waals surface area contributed by atoms with E-state index in [4.69, 9.17) is 10.9 Å². The molecule has 4 heteroatoms. The average Bonchev–Trinajstić information content (AvgIpc) is 2.26. The standard InChI is InChI=1S/C12H17N3O/c1-15(10-3-2-4-10)11-7-5-9(6-8-11)12(13)14-16/h5-8,10,16H,2-4H2,1H3,(H2,13,14). The number of amidine groups is 1. The lowest BCUT2D eigenvalue weighted by Crippen LogP contribution is -2.37. The van der Waals surface area contributed by atoms with Gasteiger partial charge in [-0.1, -0.05) is 5.16 Å². The van der Waals surface area contributed by atoms with E-state index >= 15 is 0 Å². The number of oxime groups is 1. The smallest absolute Gasteiger partial charge is 0.170 e. The summed E-state index contributed by atoms with van der Waals surface area (Å²) in [4.78, 5) is 2.29. The highest BCUT2D eigenvalue weighted by molar-refractivity contribution is 5.97. The third-order valence-corrected chi connectivity index (χ3v) is 3.30. The van der Waals surface area contributed by atoms with Gasteiger partial charge in [0.1, 0.15) is 0 Å². The lowest BCUT2D eigenvalue weighted by molar-refractivity contribution is 0.318. The van der Waals surface area contributed by atoms with Crippen LogP contribution in [-0.2, 0) is 0 Å². The average molecular weight is 219 g/mol. The third kappa shape index (κ3) is 1.96. The van der Waals surface area contributed by atoms with Crippen molar-refractivity contribution in [1.82, 2.24) is 0 Å². The van der Waals surface area contributed by atoms with E-state index in [1.54, 1.807) is 0 Å². The summed E-state index contributed by atoms with van der Waals surface area (Å²) in [5.41, 5.74) is 7.43. The first-order valence-electron chi connectivity index (χ1n) is 5.53. The molecule has 0 amide bonds. The van der Waals surface area contributed by atoms with Crippen LogP contribution in [0.25, 0.3) is 0 Å². The van der Waals surface area contributed by atoms with Crippen molar-refractivity contribution in [3.63, 3.8) is 0 Å². The zero-order valence-electron chi connectivity index (χ0n) is 9.43. The molecule has 1 aromatic rings. The second-order valence-corrected chi connectivity index (χ2v) is 4.23. The van der Waals surface area contributed by atoms with Crippen molar-refractivity contribution >= 4 is 11.5 Å². The first-order valence-corrected chi connectivity index (χ1v) is 5.53. The molecule has 0 spiro atoms. The summed E-state index contributed by atoms with van der Waals surface area (Å²) >= 11 is 0. The van der Waals surface area contributed by atoms with E-state index in [0.717, 1.165) is 5.56 Å². The maximum absolute atomic E-state index is 8.55. The number of rotatable bonds is 3. The van der Waals surface area contributed by atoms with E-state index in [9.17, 15) is 0 Å². The molecule has 2 rings (SSSR count). The Morgan fingerprint density at radius 3 is 2.44 bits per heavy atom. The highest BCUT2D eigenvalue weighted by Crippen LogP contribution is 2.28. The quantitative estimate of drug-likeness (QED) is 0.352. The molecule has 1 aliphatic rings. The van der Waals surface area contributed by atoms with Gasteiger partial charge in [0.2, 0.25) is 0 Å². The Hall–Kier alpha value is -1.71. The molecule has 0 aliphatic heterocycles. The van der Waals surface area contributed by atoms with Gasteiger partial charge in [0.25, 0.3) is 0 Å². The molecule has 1 aliphatic carbocycles. The summed E-state index contributed by atoms with van der Waals surface area (Å²) in [6.45, 7) is 0. The molecule has 86 valence electrons. The van der Waals surface area contributed by atoms with Crippen molar-refractivity contribution in [2.45, 2.75) is 25.3 Å². The molecule has 0 heterocycles. The summed E-state index contributed by atoms with van der Waals surface area (Å²) < 4.78 is 0. The van der Waals surface area contributed by atoms with Crippen molar-refractivity contribution in [2.24, 2.45) is 10.9 Å². The van der Waals surface area contributed by atoms with Crippen molar-refractivity contribution < 1.29 is 5.21 Å². The van der Waals surface area contributed by atoms with Crippen molar-refractivity contribution in [3.05, 3.63) is 29.8 Å². The lowest BCUT2D eigenvalue weighted by Gasteiger charge is -2.36. The minimum atomic E-state index is 0.151. The van der Waals surface area contributed by atoms with Gasteiger partial charge in [-0.05, 0) is 43.5 Å². The van der Waals surface area contributed by atoms with Gasteiger partial charge >= 0.3 is 0 Å². The molecule has 16 heavy (non-hydrogen) atoms. The predicted octanol–water partition coefficient (Wildman–Crippen LogP) is 1.77. The number of hydrogen-bond donors (Lipinski definition) is 2. The molecule has 4 nitrogen and oxygen atoms in total. The summed E-state index contributed by atoms with van der Waals surface area (Å²) in [6.07, 6.45) is 3.88. The Kier molecular flexibility index (Phi) is 2.99. The molecule has 0 saturated heterocycles. The molecule has 0 unspecified atom stereocenters. The topological polar surface area (TPSA) is 61.8 Å². The molecule has 0 bridgehead atoms. The van der Waals surface area contributed by atoms with Gasteiger partial charge in [0, 0.05) is 24.3 Å². The highest BCUT2D eigenvalue weighted by Gasteiger charge is 2.22. The number of nitrogens with two attached hydrogens (primary N) is 1. The van der Waals surface area contributed by atoms with Gasteiger partial charge in [0.05, 0.1) is 0 Å². The van der Waals surface area contributed by atoms with Crippen LogP contribution in [0, 0.1) is 0 Å². The van der Waals surface area contributed by atoms with Crippen LogP contribution in [0.1, 0.15) is 24.8 Å². The SMILES string of the molecule is CN(c1ccc(/C(N)=N/O)cc1)C1CCC1. The van der Waals surface area contributed by atoms with Crippen molar-refractivity contribution in [2.75, 3.05) is 11.9 Å². The number of anilines is 1. The maximum atomic E-state index is 8.55. The summed E-state index contributed by atoms with van der Waals surface area (Å²) in [5.74, 6) is 0.151. The second-order valence-electron chi connectivity index (χ2n) is 4.23. The molecule has 1 fully saturated rings. The van der Waals surface area contributed by atoms with Gasteiger partial charge in [-0.15, -0.1) is 0 Å². The number of benzene rings is 1. The van der Waals surface area contributed by atoms with E-state index < -0.39 is 0 Å². The van der Waals surface area contributed by atoms with Crippen molar-refractivity contribution in [1.29, 1.82) is 0 Å². The van der Waals surface area contributed by atoms with E-state index in [0.29, 0.717) is 6.04 Å². The number of nitrogens with zero attached hydrogens (tertiary/aromatic N) is 2. The van der Waals surface area contributed by atoms with Gasteiger partial charge in [-0.2, -0.15) is 0 Å². The third-order valence-electron chi connectivity index (χ3n) is 3.30. The lowest BCUT2D eigenvalue weighted by atomic mass is 9.91. The first kappa shape index (κ1) is 10.8. The van der Waals surface area contributed by atoms with Crippen LogP contribution in [0.2, 0.25) is 0 Å². The minimum absolute atomic E-state index is 0.151. The fourth-order valence-electron chi connectivity index (χ4n) is 1.91.